The molecule has 1 saturated carbocycles. The van der Waals surface area contributed by atoms with Gasteiger partial charge in [0.15, 0.2) is 0 Å². The second-order valence-electron chi connectivity index (χ2n) is 11.2. The molecule has 3 N–H and O–H groups in total. The van der Waals surface area contributed by atoms with E-state index in [0.717, 1.165) is 38.0 Å². The zero-order valence-electron chi connectivity index (χ0n) is 21.0. The van der Waals surface area contributed by atoms with E-state index in [4.69, 9.17) is 28.3 Å². The molecule has 3 unspecified atom stereocenters. The fraction of sp³-hybridized carbons (Fsp3) is 0.680. The van der Waals surface area contributed by atoms with Gasteiger partial charge in [-0.3, -0.25) is 19.8 Å². The normalized spacial score (nSPS) is 29.7. The molecule has 3 aliphatic heterocycles. The van der Waals surface area contributed by atoms with E-state index in [-0.39, 0.29) is 30.1 Å². The number of piperazine rings is 1. The number of nitrogens with one attached hydrogen (secondary N) is 1. The number of benzene rings is 1. The molecule has 1 aliphatic carbocycles. The lowest BCUT2D eigenvalue weighted by molar-refractivity contribution is -0.143. The van der Waals surface area contributed by atoms with Crippen molar-refractivity contribution < 1.29 is 18.0 Å². The Kier molecular flexibility index (Phi) is 7.65. The predicted octanol–water partition coefficient (Wildman–Crippen LogP) is 1.84. The van der Waals surface area contributed by atoms with Crippen LogP contribution in [0.5, 0.6) is 0 Å². The van der Waals surface area contributed by atoms with Crippen LogP contribution in [-0.4, -0.2) is 86.2 Å². The monoisotopic (exact) mass is 571 g/mol. The summed E-state index contributed by atoms with van der Waals surface area (Å²) in [5, 5.41) is 8.76. The number of hydrogen-bond acceptors (Lipinski definition) is 6. The lowest BCUT2D eigenvalue weighted by Gasteiger charge is -2.50. The van der Waals surface area contributed by atoms with E-state index >= 15 is 0 Å². The van der Waals surface area contributed by atoms with Crippen LogP contribution in [0.4, 0.5) is 0 Å². The number of hydrogen-bond donors (Lipinski definition) is 2. The summed E-state index contributed by atoms with van der Waals surface area (Å²) < 4.78 is 24.5. The lowest BCUT2D eigenvalue weighted by atomic mass is 9.59. The predicted molar refractivity (Wildman–Crippen MR) is 142 cm³/mol. The van der Waals surface area contributed by atoms with Crippen molar-refractivity contribution in [3.63, 3.8) is 0 Å². The first kappa shape index (κ1) is 27.3. The van der Waals surface area contributed by atoms with Gasteiger partial charge in [-0.25, -0.2) is 5.14 Å². The van der Waals surface area contributed by atoms with Gasteiger partial charge >= 0.3 is 0 Å². The zero-order chi connectivity index (χ0) is 26.5. The van der Waals surface area contributed by atoms with Crippen LogP contribution in [0.2, 0.25) is 10.0 Å². The van der Waals surface area contributed by atoms with Gasteiger partial charge in [0.05, 0.1) is 16.0 Å². The van der Waals surface area contributed by atoms with E-state index in [9.17, 15) is 18.0 Å². The number of imide groups is 1. The van der Waals surface area contributed by atoms with Crippen molar-refractivity contribution >= 4 is 45.2 Å². The molecule has 0 spiro atoms. The van der Waals surface area contributed by atoms with E-state index in [1.54, 1.807) is 6.07 Å². The Balaban J connectivity index is 1.31. The summed E-state index contributed by atoms with van der Waals surface area (Å²) >= 11 is 12.7. The highest BCUT2D eigenvalue weighted by Gasteiger charge is 2.54. The van der Waals surface area contributed by atoms with Gasteiger partial charge in [0.1, 0.15) is 0 Å². The van der Waals surface area contributed by atoms with E-state index < -0.39 is 15.6 Å². The van der Waals surface area contributed by atoms with Gasteiger partial charge in [-0.1, -0.05) is 36.2 Å². The van der Waals surface area contributed by atoms with Gasteiger partial charge in [-0.2, -0.15) is 12.7 Å². The standard InChI is InChI=1S/C25H35Cl2N5O4S/c1-16(17-2-3-17)23-24(34)29-22(33)13-25(23,18-4-5-20(26)21(27)12-18)6-7-30-14-19(15-30)31-8-10-32(11-9-31)37(28,35)36/h4-5,12,16-17,19,23H,2-3,6-11,13-15H2,1H3,(H2,28,35,36)(H,29,33,34). The molecule has 1 aromatic carbocycles. The molecule has 1 aromatic rings. The number of halogens is 2. The Morgan fingerprint density at radius 3 is 2.38 bits per heavy atom. The quantitative estimate of drug-likeness (QED) is 0.460. The number of amides is 2. The third kappa shape index (κ3) is 5.57. The molecule has 2 amide bonds. The topological polar surface area (TPSA) is 116 Å². The van der Waals surface area contributed by atoms with Crippen molar-refractivity contribution in [2.24, 2.45) is 22.9 Å². The first-order valence-corrected chi connectivity index (χ1v) is 15.3. The Morgan fingerprint density at radius 1 is 1.11 bits per heavy atom. The van der Waals surface area contributed by atoms with E-state index in [2.05, 4.69) is 22.0 Å². The van der Waals surface area contributed by atoms with E-state index in [1.807, 2.05) is 12.1 Å². The number of nitrogens with two attached hydrogens (primary N) is 1. The lowest BCUT2D eigenvalue weighted by Crippen LogP contribution is -2.64. The molecule has 3 atom stereocenters. The van der Waals surface area contributed by atoms with Crippen LogP contribution >= 0.6 is 23.2 Å². The summed E-state index contributed by atoms with van der Waals surface area (Å²) in [6.45, 7) is 6.79. The summed E-state index contributed by atoms with van der Waals surface area (Å²) in [6.07, 6.45) is 3.13. The Hall–Kier alpha value is -1.27. The van der Waals surface area contributed by atoms with Crippen LogP contribution in [0.15, 0.2) is 18.2 Å². The highest BCUT2D eigenvalue weighted by atomic mass is 35.5. The summed E-state index contributed by atoms with van der Waals surface area (Å²) in [7, 11) is -3.64. The van der Waals surface area contributed by atoms with Crippen LogP contribution < -0.4 is 10.5 Å². The summed E-state index contributed by atoms with van der Waals surface area (Å²) in [4.78, 5) is 30.8. The fourth-order valence-electron chi connectivity index (χ4n) is 6.66. The summed E-state index contributed by atoms with van der Waals surface area (Å²) in [5.41, 5.74) is 0.251. The second-order valence-corrected chi connectivity index (χ2v) is 13.6. The van der Waals surface area contributed by atoms with Crippen molar-refractivity contribution in [1.29, 1.82) is 0 Å². The highest BCUT2D eigenvalue weighted by Crippen LogP contribution is 2.52. The molecule has 0 bridgehead atoms. The van der Waals surface area contributed by atoms with Crippen LogP contribution in [0.25, 0.3) is 0 Å². The van der Waals surface area contributed by atoms with E-state index in [1.165, 1.54) is 4.31 Å². The van der Waals surface area contributed by atoms with Gasteiger partial charge in [0.25, 0.3) is 10.2 Å². The van der Waals surface area contributed by atoms with Crippen LogP contribution in [-0.2, 0) is 25.2 Å². The summed E-state index contributed by atoms with van der Waals surface area (Å²) in [5.74, 6) is -0.101. The molecule has 204 valence electrons. The third-order valence-electron chi connectivity index (χ3n) is 8.96. The van der Waals surface area contributed by atoms with E-state index in [0.29, 0.717) is 54.6 Å². The maximum absolute atomic E-state index is 13.3. The Bertz CT molecular complexity index is 1170. The highest BCUT2D eigenvalue weighted by molar-refractivity contribution is 7.86. The molecule has 4 fully saturated rings. The average molecular weight is 573 g/mol. The first-order chi connectivity index (χ1) is 17.5. The Morgan fingerprint density at radius 2 is 1.78 bits per heavy atom. The number of carbonyl (C=O) groups is 2. The van der Waals surface area contributed by atoms with Gasteiger partial charge < -0.3 is 4.90 Å². The number of carbonyl (C=O) groups excluding carboxylic acids is 2. The maximum atomic E-state index is 13.3. The van der Waals surface area contributed by atoms with Crippen LogP contribution in [0.3, 0.4) is 0 Å². The van der Waals surface area contributed by atoms with Gasteiger partial charge in [-0.05, 0) is 55.3 Å². The zero-order valence-corrected chi connectivity index (χ0v) is 23.4. The van der Waals surface area contributed by atoms with Crippen LogP contribution in [0, 0.1) is 17.8 Å². The van der Waals surface area contributed by atoms with Crippen molar-refractivity contribution in [3.8, 4) is 0 Å². The minimum Gasteiger partial charge on any atom is -0.300 e. The van der Waals surface area contributed by atoms with Gasteiger partial charge in [0, 0.05) is 57.1 Å². The molecule has 9 nitrogen and oxygen atoms in total. The Labute approximate surface area is 228 Å². The summed E-state index contributed by atoms with van der Waals surface area (Å²) in [6, 6.07) is 5.89. The molecule has 4 aliphatic rings. The van der Waals surface area contributed by atoms with Crippen molar-refractivity contribution in [3.05, 3.63) is 33.8 Å². The molecular formula is C25H35Cl2N5O4S. The molecule has 5 rings (SSSR count). The minimum absolute atomic E-state index is 0.154. The molecular weight excluding hydrogens is 537 g/mol. The van der Waals surface area contributed by atoms with Crippen molar-refractivity contribution in [2.45, 2.75) is 44.1 Å². The smallest absolute Gasteiger partial charge is 0.276 e. The maximum Gasteiger partial charge on any atom is 0.276 e. The van der Waals surface area contributed by atoms with Crippen molar-refractivity contribution in [1.82, 2.24) is 19.4 Å². The molecule has 0 aromatic heterocycles. The number of piperidine rings is 1. The first-order valence-electron chi connectivity index (χ1n) is 13.0. The molecule has 12 heteroatoms. The second kappa shape index (κ2) is 10.4. The minimum atomic E-state index is -3.64. The molecule has 37 heavy (non-hydrogen) atoms. The fourth-order valence-corrected chi connectivity index (χ4v) is 7.63. The third-order valence-corrected chi connectivity index (χ3v) is 10.8. The molecule has 3 heterocycles. The van der Waals surface area contributed by atoms with Crippen molar-refractivity contribution in [2.75, 3.05) is 45.8 Å². The molecule has 3 saturated heterocycles. The van der Waals surface area contributed by atoms with Gasteiger partial charge in [0.2, 0.25) is 11.8 Å². The molecule has 0 radical (unpaired) electrons. The SMILES string of the molecule is CC(C1CC1)C1C(=O)NC(=O)CC1(CCN1CC(N2CCN(S(N)(=O)=O)CC2)C1)c1ccc(Cl)c(Cl)c1. The van der Waals surface area contributed by atoms with Crippen LogP contribution in [0.1, 0.15) is 38.2 Å². The van der Waals surface area contributed by atoms with Gasteiger partial charge in [-0.15, -0.1) is 0 Å². The number of rotatable bonds is 8. The number of likely N-dealkylation sites (tertiary alicyclic amines) is 1. The average Bonchev–Trinajstić information content (AvgIpc) is 3.64. The largest absolute Gasteiger partial charge is 0.300 e. The number of nitrogens with zero attached hydrogens (tertiary/aromatic N) is 3.